The van der Waals surface area contributed by atoms with Crippen LogP contribution in [-0.4, -0.2) is 60.5 Å². The van der Waals surface area contributed by atoms with Crippen LogP contribution in [0, 0.1) is 0 Å². The molecule has 1 aliphatic rings. The Morgan fingerprint density at radius 2 is 2.00 bits per heavy atom. The van der Waals surface area contributed by atoms with Crippen molar-refractivity contribution in [2.24, 2.45) is 0 Å². The third-order valence-corrected chi connectivity index (χ3v) is 5.27. The Morgan fingerprint density at radius 3 is 2.69 bits per heavy atom. The quantitative estimate of drug-likeness (QED) is 0.733. The van der Waals surface area contributed by atoms with Gasteiger partial charge in [-0.15, -0.1) is 0 Å². The molecular weight excluding hydrogens is 334 g/mol. The zero-order chi connectivity index (χ0) is 18.7. The van der Waals surface area contributed by atoms with Crippen LogP contribution in [0.4, 0.5) is 0 Å². The summed E-state index contributed by atoms with van der Waals surface area (Å²) in [5.74, 6) is -0.398. The van der Waals surface area contributed by atoms with Crippen LogP contribution in [0.25, 0.3) is 11.0 Å². The lowest BCUT2D eigenvalue weighted by Gasteiger charge is -2.32. The highest BCUT2D eigenvalue weighted by Gasteiger charge is 2.23. The van der Waals surface area contributed by atoms with Gasteiger partial charge in [0, 0.05) is 19.7 Å². The molecule has 1 saturated heterocycles. The summed E-state index contributed by atoms with van der Waals surface area (Å²) in [6.07, 6.45) is 3.45. The summed E-state index contributed by atoms with van der Waals surface area (Å²) in [5, 5.41) is 0. The summed E-state index contributed by atoms with van der Waals surface area (Å²) in [6.45, 7) is 2.61. The molecule has 0 bridgehead atoms. The van der Waals surface area contributed by atoms with Gasteiger partial charge in [-0.2, -0.15) is 0 Å². The number of piperidine rings is 1. The van der Waals surface area contributed by atoms with E-state index in [4.69, 9.17) is 9.47 Å². The van der Waals surface area contributed by atoms with Gasteiger partial charge in [-0.25, -0.2) is 9.59 Å². The van der Waals surface area contributed by atoms with Crippen LogP contribution < -0.4 is 5.69 Å². The van der Waals surface area contributed by atoms with Crippen molar-refractivity contribution in [2.75, 3.05) is 34.4 Å². The van der Waals surface area contributed by atoms with Gasteiger partial charge in [-0.3, -0.25) is 9.13 Å². The van der Waals surface area contributed by atoms with E-state index in [1.54, 1.807) is 28.4 Å². The second kappa shape index (κ2) is 8.05. The highest BCUT2D eigenvalue weighted by molar-refractivity contribution is 5.93. The minimum absolute atomic E-state index is 0.0574. The lowest BCUT2D eigenvalue weighted by atomic mass is 10.0. The average Bonchev–Trinajstić information content (AvgIpc) is 2.92. The van der Waals surface area contributed by atoms with Gasteiger partial charge >= 0.3 is 11.7 Å². The molecule has 3 rings (SSSR count). The van der Waals surface area contributed by atoms with E-state index in [1.165, 1.54) is 20.0 Å². The van der Waals surface area contributed by atoms with Gasteiger partial charge in [-0.05, 0) is 44.6 Å². The van der Waals surface area contributed by atoms with Gasteiger partial charge in [0.2, 0.25) is 0 Å². The van der Waals surface area contributed by atoms with Crippen LogP contribution >= 0.6 is 0 Å². The Kier molecular flexibility index (Phi) is 5.78. The van der Waals surface area contributed by atoms with E-state index in [9.17, 15) is 9.59 Å². The smallest absolute Gasteiger partial charge is 0.337 e. The molecule has 1 atom stereocenters. The fraction of sp³-hybridized carbons (Fsp3) is 0.579. The molecule has 0 amide bonds. The average molecular weight is 361 g/mol. The molecule has 1 fully saturated rings. The Labute approximate surface area is 153 Å². The summed E-state index contributed by atoms with van der Waals surface area (Å²) in [7, 11) is 5.09. The Bertz CT molecular complexity index is 839. The molecule has 1 aliphatic heterocycles. The van der Waals surface area contributed by atoms with Crippen LogP contribution in [0.3, 0.4) is 0 Å². The first-order valence-corrected chi connectivity index (χ1v) is 9.07. The monoisotopic (exact) mass is 361 g/mol. The molecule has 2 heterocycles. The molecule has 0 spiro atoms. The second-order valence-electron chi connectivity index (χ2n) is 6.86. The van der Waals surface area contributed by atoms with Gasteiger partial charge < -0.3 is 14.4 Å². The van der Waals surface area contributed by atoms with E-state index < -0.39 is 5.97 Å². The molecule has 7 nitrogen and oxygen atoms in total. The largest absolute Gasteiger partial charge is 0.465 e. The summed E-state index contributed by atoms with van der Waals surface area (Å²) < 4.78 is 13.5. The zero-order valence-corrected chi connectivity index (χ0v) is 15.7. The molecule has 1 aromatic carbocycles. The Morgan fingerprint density at radius 1 is 1.19 bits per heavy atom. The number of likely N-dealkylation sites (tertiary alicyclic amines) is 1. The van der Waals surface area contributed by atoms with E-state index in [-0.39, 0.29) is 5.69 Å². The number of rotatable bonds is 6. The predicted molar refractivity (Wildman–Crippen MR) is 99.7 cm³/mol. The number of carbonyl (C=O) groups excluding carboxylic acids is 1. The van der Waals surface area contributed by atoms with Crippen LogP contribution in [0.5, 0.6) is 0 Å². The minimum atomic E-state index is -0.398. The van der Waals surface area contributed by atoms with E-state index in [2.05, 4.69) is 11.9 Å². The van der Waals surface area contributed by atoms with Gasteiger partial charge in [0.25, 0.3) is 0 Å². The van der Waals surface area contributed by atoms with Gasteiger partial charge in [0.1, 0.15) is 0 Å². The normalized spacial score (nSPS) is 18.3. The fourth-order valence-electron chi connectivity index (χ4n) is 3.73. The van der Waals surface area contributed by atoms with Crippen molar-refractivity contribution in [1.82, 2.24) is 14.0 Å². The molecule has 0 radical (unpaired) electrons. The van der Waals surface area contributed by atoms with Crippen LogP contribution in [0.1, 0.15) is 29.6 Å². The maximum Gasteiger partial charge on any atom is 0.337 e. The lowest BCUT2D eigenvalue weighted by molar-refractivity contribution is 0.0601. The van der Waals surface area contributed by atoms with Gasteiger partial charge in [0.15, 0.2) is 0 Å². The second-order valence-corrected chi connectivity index (χ2v) is 6.86. The number of hydrogen-bond donors (Lipinski definition) is 0. The Balaban J connectivity index is 2.07. The first-order valence-electron chi connectivity index (χ1n) is 9.07. The van der Waals surface area contributed by atoms with Crippen molar-refractivity contribution < 1.29 is 14.3 Å². The topological polar surface area (TPSA) is 65.7 Å². The molecule has 1 aromatic heterocycles. The summed E-state index contributed by atoms with van der Waals surface area (Å²) >= 11 is 0. The third-order valence-electron chi connectivity index (χ3n) is 5.27. The highest BCUT2D eigenvalue weighted by atomic mass is 16.5. The van der Waals surface area contributed by atoms with E-state index >= 15 is 0 Å². The van der Waals surface area contributed by atoms with Crippen LogP contribution in [-0.2, 0) is 22.6 Å². The molecule has 1 unspecified atom stereocenters. The number of carbonyl (C=O) groups is 1. The number of ether oxygens (including phenoxy) is 2. The molecule has 0 aliphatic carbocycles. The van der Waals surface area contributed by atoms with Crippen molar-refractivity contribution in [3.63, 3.8) is 0 Å². The minimum Gasteiger partial charge on any atom is -0.465 e. The third kappa shape index (κ3) is 3.54. The van der Waals surface area contributed by atoms with Gasteiger partial charge in [0.05, 0.1) is 36.9 Å². The number of esters is 1. The van der Waals surface area contributed by atoms with Crippen molar-refractivity contribution in [2.45, 2.75) is 38.4 Å². The summed E-state index contributed by atoms with van der Waals surface area (Å²) in [5.41, 5.74) is 1.99. The summed E-state index contributed by atoms with van der Waals surface area (Å²) in [6, 6.07) is 5.60. The summed E-state index contributed by atoms with van der Waals surface area (Å²) in [4.78, 5) is 27.3. The number of imidazole rings is 1. The maximum absolute atomic E-state index is 13.1. The molecule has 0 N–H and O–H groups in total. The van der Waals surface area contributed by atoms with Crippen LogP contribution in [0.2, 0.25) is 0 Å². The molecule has 0 saturated carbocycles. The van der Waals surface area contributed by atoms with E-state index in [0.717, 1.165) is 24.0 Å². The number of nitrogens with zero attached hydrogens (tertiary/aromatic N) is 3. The molecule has 2 aromatic rings. The number of hydrogen-bond acceptors (Lipinski definition) is 5. The highest BCUT2D eigenvalue weighted by Crippen LogP contribution is 2.21. The molecular formula is C19H27N3O4. The zero-order valence-electron chi connectivity index (χ0n) is 15.7. The van der Waals surface area contributed by atoms with Crippen molar-refractivity contribution >= 4 is 17.0 Å². The SMILES string of the molecule is COCCn1c(=O)n(CC2CCCCN2C)c2cc(C(=O)OC)ccc21. The van der Waals surface area contributed by atoms with Gasteiger partial charge in [-0.1, -0.05) is 6.42 Å². The van der Waals surface area contributed by atoms with Crippen molar-refractivity contribution in [3.05, 3.63) is 34.2 Å². The van der Waals surface area contributed by atoms with Crippen molar-refractivity contribution in [1.29, 1.82) is 0 Å². The van der Waals surface area contributed by atoms with E-state index in [1.807, 2.05) is 6.07 Å². The standard InChI is InChI=1S/C19H27N3O4/c1-20-9-5-4-6-15(20)13-22-17-12-14(18(23)26-3)7-8-16(17)21(19(22)24)10-11-25-2/h7-8,12,15H,4-6,9-11,13H2,1-3H3. The molecule has 142 valence electrons. The number of aromatic nitrogens is 2. The predicted octanol–water partition coefficient (Wildman–Crippen LogP) is 1.72. The number of likely N-dealkylation sites (N-methyl/N-ethyl adjacent to an activating group) is 1. The van der Waals surface area contributed by atoms with Crippen molar-refractivity contribution in [3.8, 4) is 0 Å². The maximum atomic E-state index is 13.1. The molecule has 26 heavy (non-hydrogen) atoms. The van der Waals surface area contributed by atoms with E-state index in [0.29, 0.717) is 31.3 Å². The number of fused-ring (bicyclic) bond motifs is 1. The Hall–Kier alpha value is -2.12. The first kappa shape index (κ1) is 18.7. The van der Waals surface area contributed by atoms with Crippen LogP contribution in [0.15, 0.2) is 23.0 Å². The first-order chi connectivity index (χ1) is 12.6. The molecule has 7 heteroatoms. The fourth-order valence-corrected chi connectivity index (χ4v) is 3.73. The lowest BCUT2D eigenvalue weighted by Crippen LogP contribution is -2.41. The number of benzene rings is 1. The number of methoxy groups -OCH3 is 2.